The van der Waals surface area contributed by atoms with Crippen molar-refractivity contribution in [2.45, 2.75) is 30.0 Å². The molecule has 0 amide bonds. The van der Waals surface area contributed by atoms with Crippen LogP contribution in [0.2, 0.25) is 0 Å². The SMILES string of the molecule is CN=C(NCc1ccc(S(=O)(=O)N(C)C)s1)NCC(C)(C)c1cccc(F)c1. The lowest BCUT2D eigenvalue weighted by atomic mass is 9.84. The van der Waals surface area contributed by atoms with E-state index in [0.29, 0.717) is 23.3 Å². The minimum absolute atomic E-state index is 0.255. The smallest absolute Gasteiger partial charge is 0.252 e. The first-order chi connectivity index (χ1) is 13.1. The minimum atomic E-state index is -3.42. The Kier molecular flexibility index (Phi) is 7.19. The summed E-state index contributed by atoms with van der Waals surface area (Å²) in [5.74, 6) is 0.337. The summed E-state index contributed by atoms with van der Waals surface area (Å²) in [5.41, 5.74) is 0.600. The van der Waals surface area contributed by atoms with Crippen molar-refractivity contribution in [1.82, 2.24) is 14.9 Å². The number of nitrogens with zero attached hydrogens (tertiary/aromatic N) is 2. The predicted molar refractivity (Wildman–Crippen MR) is 113 cm³/mol. The van der Waals surface area contributed by atoms with Gasteiger partial charge in [0.25, 0.3) is 10.0 Å². The maximum atomic E-state index is 13.5. The van der Waals surface area contributed by atoms with Crippen LogP contribution in [-0.2, 0) is 22.0 Å². The van der Waals surface area contributed by atoms with Gasteiger partial charge in [0.1, 0.15) is 10.0 Å². The summed E-state index contributed by atoms with van der Waals surface area (Å²) in [6.07, 6.45) is 0. The zero-order valence-corrected chi connectivity index (χ0v) is 18.4. The topological polar surface area (TPSA) is 73.8 Å². The van der Waals surface area contributed by atoms with Crippen LogP contribution < -0.4 is 10.6 Å². The Hall–Kier alpha value is -1.97. The van der Waals surface area contributed by atoms with Crippen molar-refractivity contribution in [3.63, 3.8) is 0 Å². The number of rotatable bonds is 7. The summed E-state index contributed by atoms with van der Waals surface area (Å²) in [4.78, 5) is 5.08. The first-order valence-corrected chi connectivity index (χ1v) is 11.0. The van der Waals surface area contributed by atoms with E-state index in [9.17, 15) is 12.8 Å². The predicted octanol–water partition coefficient (Wildman–Crippen LogP) is 2.78. The quantitative estimate of drug-likeness (QED) is 0.527. The number of nitrogens with one attached hydrogen (secondary N) is 2. The molecule has 1 heterocycles. The lowest BCUT2D eigenvalue weighted by Crippen LogP contribution is -2.43. The first kappa shape index (κ1) is 22.3. The Morgan fingerprint density at radius 3 is 2.54 bits per heavy atom. The van der Waals surface area contributed by atoms with E-state index in [1.807, 2.05) is 19.9 Å². The second-order valence-corrected chi connectivity index (χ2v) is 10.7. The van der Waals surface area contributed by atoms with Crippen molar-refractivity contribution < 1.29 is 12.8 Å². The van der Waals surface area contributed by atoms with Gasteiger partial charge in [-0.15, -0.1) is 11.3 Å². The number of halogens is 1. The summed E-state index contributed by atoms with van der Waals surface area (Å²) < 4.78 is 39.3. The Bertz CT molecular complexity index is 937. The molecule has 0 aliphatic heterocycles. The molecule has 2 N–H and O–H groups in total. The third kappa shape index (κ3) is 5.52. The van der Waals surface area contributed by atoms with Crippen molar-refractivity contribution in [1.29, 1.82) is 0 Å². The molecule has 28 heavy (non-hydrogen) atoms. The molecule has 0 unspecified atom stereocenters. The average Bonchev–Trinajstić information content (AvgIpc) is 3.11. The summed E-state index contributed by atoms with van der Waals surface area (Å²) in [5, 5.41) is 6.43. The molecule has 0 atom stereocenters. The third-order valence-electron chi connectivity index (χ3n) is 4.33. The highest BCUT2D eigenvalue weighted by molar-refractivity contribution is 7.91. The van der Waals surface area contributed by atoms with Gasteiger partial charge >= 0.3 is 0 Å². The van der Waals surface area contributed by atoms with E-state index in [2.05, 4.69) is 15.6 Å². The molecule has 0 bridgehead atoms. The monoisotopic (exact) mass is 426 g/mol. The number of guanidine groups is 1. The zero-order valence-electron chi connectivity index (χ0n) is 16.8. The van der Waals surface area contributed by atoms with Crippen LogP contribution in [0.15, 0.2) is 45.6 Å². The molecule has 154 valence electrons. The maximum Gasteiger partial charge on any atom is 0.252 e. The first-order valence-electron chi connectivity index (χ1n) is 8.78. The van der Waals surface area contributed by atoms with Crippen molar-refractivity contribution in [2.75, 3.05) is 27.7 Å². The third-order valence-corrected chi connectivity index (χ3v) is 7.70. The van der Waals surface area contributed by atoms with Gasteiger partial charge in [-0.1, -0.05) is 26.0 Å². The maximum absolute atomic E-state index is 13.5. The van der Waals surface area contributed by atoms with Crippen LogP contribution in [0, 0.1) is 5.82 Å². The van der Waals surface area contributed by atoms with Gasteiger partial charge in [-0.05, 0) is 29.8 Å². The van der Waals surface area contributed by atoms with Gasteiger partial charge in [0.05, 0.1) is 6.54 Å². The van der Waals surface area contributed by atoms with Gasteiger partial charge < -0.3 is 10.6 Å². The fraction of sp³-hybridized carbons (Fsp3) is 0.421. The van der Waals surface area contributed by atoms with E-state index in [1.165, 1.54) is 41.9 Å². The fourth-order valence-electron chi connectivity index (χ4n) is 2.48. The van der Waals surface area contributed by atoms with Crippen LogP contribution in [0.25, 0.3) is 0 Å². The van der Waals surface area contributed by atoms with Crippen LogP contribution >= 0.6 is 11.3 Å². The lowest BCUT2D eigenvalue weighted by Gasteiger charge is -2.26. The molecule has 0 aliphatic carbocycles. The second kappa shape index (κ2) is 9.02. The van der Waals surface area contributed by atoms with Crippen molar-refractivity contribution in [3.8, 4) is 0 Å². The van der Waals surface area contributed by atoms with Gasteiger partial charge in [0.2, 0.25) is 0 Å². The molecular formula is C19H27FN4O2S2. The number of aliphatic imine (C=N–C) groups is 1. The second-order valence-electron chi connectivity index (χ2n) is 7.18. The van der Waals surface area contributed by atoms with Crippen molar-refractivity contribution >= 4 is 27.3 Å². The summed E-state index contributed by atoms with van der Waals surface area (Å²) in [6, 6.07) is 9.97. The molecular weight excluding hydrogens is 399 g/mol. The Labute approximate surface area is 170 Å². The largest absolute Gasteiger partial charge is 0.356 e. The van der Waals surface area contributed by atoms with Crippen molar-refractivity contribution in [3.05, 3.63) is 52.7 Å². The number of sulfonamides is 1. The summed E-state index contributed by atoms with van der Waals surface area (Å²) in [6.45, 7) is 5.06. The molecule has 0 radical (unpaired) electrons. The fourth-order valence-corrected chi connectivity index (χ4v) is 4.94. The summed E-state index contributed by atoms with van der Waals surface area (Å²) in [7, 11) is 1.28. The van der Waals surface area contributed by atoms with Gasteiger partial charge in [0.15, 0.2) is 5.96 Å². The van der Waals surface area contributed by atoms with E-state index >= 15 is 0 Å². The number of benzene rings is 1. The highest BCUT2D eigenvalue weighted by atomic mass is 32.2. The molecule has 0 saturated carbocycles. The van der Waals surface area contributed by atoms with Crippen LogP contribution in [0.3, 0.4) is 0 Å². The van der Waals surface area contributed by atoms with E-state index in [1.54, 1.807) is 25.2 Å². The molecule has 2 aromatic rings. The molecule has 6 nitrogen and oxygen atoms in total. The lowest BCUT2D eigenvalue weighted by molar-refractivity contribution is 0.503. The molecule has 9 heteroatoms. The van der Waals surface area contributed by atoms with Gasteiger partial charge in [-0.3, -0.25) is 4.99 Å². The summed E-state index contributed by atoms with van der Waals surface area (Å²) >= 11 is 1.23. The van der Waals surface area contributed by atoms with Crippen molar-refractivity contribution in [2.24, 2.45) is 4.99 Å². The zero-order chi connectivity index (χ0) is 20.9. The molecule has 0 spiro atoms. The molecule has 0 aliphatic rings. The molecule has 2 rings (SSSR count). The van der Waals surface area contributed by atoms with Crippen LogP contribution in [0.4, 0.5) is 4.39 Å². The van der Waals surface area contributed by atoms with E-state index < -0.39 is 10.0 Å². The molecule has 1 aromatic heterocycles. The molecule has 0 fully saturated rings. The number of hydrogen-bond acceptors (Lipinski definition) is 4. The number of hydrogen-bond donors (Lipinski definition) is 2. The van der Waals surface area contributed by atoms with E-state index in [4.69, 9.17) is 0 Å². The van der Waals surface area contributed by atoms with Gasteiger partial charge in [0, 0.05) is 38.0 Å². The van der Waals surface area contributed by atoms with Crippen LogP contribution in [0.5, 0.6) is 0 Å². The Morgan fingerprint density at radius 1 is 1.21 bits per heavy atom. The van der Waals surface area contributed by atoms with Gasteiger partial charge in [-0.25, -0.2) is 17.1 Å². The average molecular weight is 427 g/mol. The van der Waals surface area contributed by atoms with E-state index in [0.717, 1.165) is 10.4 Å². The van der Waals surface area contributed by atoms with Gasteiger partial charge in [-0.2, -0.15) is 0 Å². The Morgan fingerprint density at radius 2 is 1.93 bits per heavy atom. The molecule has 0 saturated heterocycles. The van der Waals surface area contributed by atoms with E-state index in [-0.39, 0.29) is 11.2 Å². The van der Waals surface area contributed by atoms with Crippen LogP contribution in [-0.4, -0.2) is 46.4 Å². The normalized spacial score (nSPS) is 13.0. The molecule has 1 aromatic carbocycles. The Balaban J connectivity index is 1.96. The van der Waals surface area contributed by atoms with Crippen LogP contribution in [0.1, 0.15) is 24.3 Å². The number of thiophene rings is 1. The highest BCUT2D eigenvalue weighted by Gasteiger charge is 2.22. The standard InChI is InChI=1S/C19H27FN4O2S2/c1-19(2,14-7-6-8-15(20)11-14)13-23-18(21-3)22-12-16-9-10-17(27-16)28(25,26)24(4)5/h6-11H,12-13H2,1-5H3,(H2,21,22,23). The minimum Gasteiger partial charge on any atom is -0.356 e. The highest BCUT2D eigenvalue weighted by Crippen LogP contribution is 2.24.